The van der Waals surface area contributed by atoms with Gasteiger partial charge in [0.2, 0.25) is 0 Å². The van der Waals surface area contributed by atoms with Gasteiger partial charge in [-0.2, -0.15) is 0 Å². The summed E-state index contributed by atoms with van der Waals surface area (Å²) >= 11 is 0. The number of pyridine rings is 1. The van der Waals surface area contributed by atoms with Crippen molar-refractivity contribution in [3.8, 4) is 5.75 Å². The van der Waals surface area contributed by atoms with E-state index in [9.17, 15) is 4.79 Å². The van der Waals surface area contributed by atoms with Crippen molar-refractivity contribution in [1.82, 2.24) is 9.38 Å². The summed E-state index contributed by atoms with van der Waals surface area (Å²) in [6.45, 7) is 4.30. The van der Waals surface area contributed by atoms with Gasteiger partial charge in [-0.3, -0.25) is 4.79 Å². The molecule has 2 heterocycles. The summed E-state index contributed by atoms with van der Waals surface area (Å²) in [6, 6.07) is 19.0. The summed E-state index contributed by atoms with van der Waals surface area (Å²) in [5.41, 5.74) is 5.14. The van der Waals surface area contributed by atoms with Gasteiger partial charge in [-0.25, -0.2) is 4.98 Å². The Morgan fingerprint density at radius 2 is 1.79 bits per heavy atom. The van der Waals surface area contributed by atoms with Crippen LogP contribution in [0.2, 0.25) is 0 Å². The molecule has 2 aromatic carbocycles. The van der Waals surface area contributed by atoms with Crippen LogP contribution in [0.3, 0.4) is 0 Å². The number of hydrogen-bond donors (Lipinski definition) is 1. The third kappa shape index (κ3) is 3.88. The molecular formula is C23H21N3O2. The van der Waals surface area contributed by atoms with Crippen LogP contribution < -0.4 is 10.1 Å². The predicted molar refractivity (Wildman–Crippen MR) is 110 cm³/mol. The number of rotatable bonds is 5. The SMILES string of the molecule is Cc1cc(C)cc(NC(=O)c2ccccc2OCc2cn3ccccc3n2)c1. The second-order valence-electron chi connectivity index (χ2n) is 6.81. The molecule has 5 heteroatoms. The molecule has 0 saturated heterocycles. The quantitative estimate of drug-likeness (QED) is 0.549. The Hall–Kier alpha value is -3.60. The van der Waals surface area contributed by atoms with Crippen molar-refractivity contribution in [2.24, 2.45) is 0 Å². The molecule has 4 rings (SSSR count). The summed E-state index contributed by atoms with van der Waals surface area (Å²) in [5.74, 6) is 0.331. The summed E-state index contributed by atoms with van der Waals surface area (Å²) in [6.07, 6.45) is 3.87. The van der Waals surface area contributed by atoms with Gasteiger partial charge in [0.25, 0.3) is 5.91 Å². The third-order valence-corrected chi connectivity index (χ3v) is 4.40. The van der Waals surface area contributed by atoms with Gasteiger partial charge in [-0.05, 0) is 61.4 Å². The molecule has 5 nitrogen and oxygen atoms in total. The molecule has 0 aliphatic rings. The van der Waals surface area contributed by atoms with Crippen molar-refractivity contribution < 1.29 is 9.53 Å². The maximum atomic E-state index is 12.8. The second kappa shape index (κ2) is 7.56. The lowest BCUT2D eigenvalue weighted by atomic mass is 10.1. The highest BCUT2D eigenvalue weighted by Crippen LogP contribution is 2.22. The summed E-state index contributed by atoms with van der Waals surface area (Å²) < 4.78 is 7.86. The Morgan fingerprint density at radius 1 is 1.04 bits per heavy atom. The minimum atomic E-state index is -0.199. The summed E-state index contributed by atoms with van der Waals surface area (Å²) in [7, 11) is 0. The molecule has 140 valence electrons. The van der Waals surface area contributed by atoms with Gasteiger partial charge in [0.15, 0.2) is 0 Å². The number of aryl methyl sites for hydroxylation is 2. The van der Waals surface area contributed by atoms with E-state index >= 15 is 0 Å². The van der Waals surface area contributed by atoms with E-state index in [1.54, 1.807) is 12.1 Å². The fourth-order valence-corrected chi connectivity index (χ4v) is 3.23. The van der Waals surface area contributed by atoms with Crippen molar-refractivity contribution in [3.63, 3.8) is 0 Å². The van der Waals surface area contributed by atoms with Crippen molar-refractivity contribution >= 4 is 17.2 Å². The van der Waals surface area contributed by atoms with E-state index < -0.39 is 0 Å². The second-order valence-corrected chi connectivity index (χ2v) is 6.81. The molecule has 0 aliphatic carbocycles. The lowest BCUT2D eigenvalue weighted by Gasteiger charge is -2.12. The number of nitrogens with one attached hydrogen (secondary N) is 1. The number of carbonyl (C=O) groups is 1. The smallest absolute Gasteiger partial charge is 0.259 e. The van der Waals surface area contributed by atoms with Crippen LogP contribution in [-0.2, 0) is 6.61 Å². The van der Waals surface area contributed by atoms with Crippen LogP contribution in [0.25, 0.3) is 5.65 Å². The number of amides is 1. The van der Waals surface area contributed by atoms with Crippen molar-refractivity contribution in [2.75, 3.05) is 5.32 Å². The first-order valence-corrected chi connectivity index (χ1v) is 9.12. The largest absolute Gasteiger partial charge is 0.486 e. The van der Waals surface area contributed by atoms with Gasteiger partial charge in [0.05, 0.1) is 11.3 Å². The monoisotopic (exact) mass is 371 g/mol. The number of nitrogens with zero attached hydrogens (tertiary/aromatic N) is 2. The number of imidazole rings is 1. The number of benzene rings is 2. The number of hydrogen-bond acceptors (Lipinski definition) is 3. The van der Waals surface area contributed by atoms with E-state index in [2.05, 4.69) is 16.4 Å². The molecule has 4 aromatic rings. The molecule has 0 spiro atoms. The highest BCUT2D eigenvalue weighted by Gasteiger charge is 2.13. The number of aromatic nitrogens is 2. The topological polar surface area (TPSA) is 55.6 Å². The standard InChI is InChI=1S/C23H21N3O2/c1-16-11-17(2)13-18(12-16)25-23(27)20-7-3-4-8-21(20)28-15-19-14-26-10-6-5-9-22(26)24-19/h3-14H,15H2,1-2H3,(H,25,27). The number of para-hydroxylation sites is 1. The first-order chi connectivity index (χ1) is 13.6. The maximum absolute atomic E-state index is 12.8. The molecule has 1 N–H and O–H groups in total. The number of anilines is 1. The number of fused-ring (bicyclic) bond motifs is 1. The summed E-state index contributed by atoms with van der Waals surface area (Å²) in [4.78, 5) is 17.3. The molecule has 28 heavy (non-hydrogen) atoms. The Bertz CT molecular complexity index is 1090. The van der Waals surface area contributed by atoms with Gasteiger partial charge in [0, 0.05) is 18.1 Å². The van der Waals surface area contributed by atoms with E-state index in [0.29, 0.717) is 11.3 Å². The molecule has 0 radical (unpaired) electrons. The van der Waals surface area contributed by atoms with E-state index in [4.69, 9.17) is 4.74 Å². The fraction of sp³-hybridized carbons (Fsp3) is 0.130. The van der Waals surface area contributed by atoms with Crippen LogP contribution in [0, 0.1) is 13.8 Å². The average Bonchev–Trinajstić information content (AvgIpc) is 3.08. The van der Waals surface area contributed by atoms with Crippen LogP contribution in [0.5, 0.6) is 5.75 Å². The zero-order valence-electron chi connectivity index (χ0n) is 15.8. The first kappa shape index (κ1) is 17.8. The van der Waals surface area contributed by atoms with Crippen molar-refractivity contribution in [1.29, 1.82) is 0 Å². The van der Waals surface area contributed by atoms with Gasteiger partial charge in [-0.1, -0.05) is 24.3 Å². The zero-order valence-corrected chi connectivity index (χ0v) is 15.8. The maximum Gasteiger partial charge on any atom is 0.259 e. The third-order valence-electron chi connectivity index (χ3n) is 4.40. The molecule has 0 unspecified atom stereocenters. The van der Waals surface area contributed by atoms with Crippen molar-refractivity contribution in [2.45, 2.75) is 20.5 Å². The van der Waals surface area contributed by atoms with E-state index in [1.807, 2.05) is 73.1 Å². The Labute approximate surface area is 163 Å². The van der Waals surface area contributed by atoms with Gasteiger partial charge in [-0.15, -0.1) is 0 Å². The summed E-state index contributed by atoms with van der Waals surface area (Å²) in [5, 5.41) is 2.96. The molecule has 1 amide bonds. The molecule has 0 atom stereocenters. The molecule has 0 aliphatic heterocycles. The lowest BCUT2D eigenvalue weighted by molar-refractivity contribution is 0.102. The van der Waals surface area contributed by atoms with E-state index in [0.717, 1.165) is 28.2 Å². The van der Waals surface area contributed by atoms with Gasteiger partial charge >= 0.3 is 0 Å². The highest BCUT2D eigenvalue weighted by molar-refractivity contribution is 6.06. The van der Waals surface area contributed by atoms with Crippen LogP contribution in [0.15, 0.2) is 73.1 Å². The molecule has 0 fully saturated rings. The molecule has 0 bridgehead atoms. The average molecular weight is 371 g/mol. The zero-order chi connectivity index (χ0) is 19.5. The normalized spacial score (nSPS) is 10.8. The van der Waals surface area contributed by atoms with Crippen LogP contribution in [0.1, 0.15) is 27.2 Å². The number of carbonyl (C=O) groups excluding carboxylic acids is 1. The minimum absolute atomic E-state index is 0.199. The first-order valence-electron chi connectivity index (χ1n) is 9.12. The fourth-order valence-electron chi connectivity index (χ4n) is 3.23. The van der Waals surface area contributed by atoms with Crippen LogP contribution in [-0.4, -0.2) is 15.3 Å². The lowest BCUT2D eigenvalue weighted by Crippen LogP contribution is -2.14. The van der Waals surface area contributed by atoms with Crippen molar-refractivity contribution in [3.05, 3.63) is 95.4 Å². The molecule has 0 saturated carbocycles. The molecular weight excluding hydrogens is 350 g/mol. The molecule has 2 aromatic heterocycles. The van der Waals surface area contributed by atoms with E-state index in [-0.39, 0.29) is 12.5 Å². The van der Waals surface area contributed by atoms with Crippen LogP contribution >= 0.6 is 0 Å². The minimum Gasteiger partial charge on any atom is -0.486 e. The van der Waals surface area contributed by atoms with Crippen LogP contribution in [0.4, 0.5) is 5.69 Å². The van der Waals surface area contributed by atoms with E-state index in [1.165, 1.54) is 0 Å². The predicted octanol–water partition coefficient (Wildman–Crippen LogP) is 4.78. The number of ether oxygens (including phenoxy) is 1. The van der Waals surface area contributed by atoms with Gasteiger partial charge in [0.1, 0.15) is 18.0 Å². The Balaban J connectivity index is 1.51. The highest BCUT2D eigenvalue weighted by atomic mass is 16.5. The van der Waals surface area contributed by atoms with Gasteiger partial charge < -0.3 is 14.5 Å². The Kier molecular flexibility index (Phi) is 4.81. The Morgan fingerprint density at radius 3 is 2.57 bits per heavy atom.